The van der Waals surface area contributed by atoms with E-state index in [-0.39, 0.29) is 0 Å². The first-order valence-electron chi connectivity index (χ1n) is 6.39. The summed E-state index contributed by atoms with van der Waals surface area (Å²) in [5.74, 6) is 0.876. The van der Waals surface area contributed by atoms with Crippen molar-refractivity contribution in [1.82, 2.24) is 15.3 Å². The molecule has 0 radical (unpaired) electrons. The topological polar surface area (TPSA) is 49.9 Å². The predicted molar refractivity (Wildman–Crippen MR) is 76.1 cm³/mol. The molecule has 4 heteroatoms. The maximum absolute atomic E-state index is 5.44. The second kappa shape index (κ2) is 7.38. The van der Waals surface area contributed by atoms with Crippen LogP contribution in [0, 0.1) is 0 Å². The van der Waals surface area contributed by atoms with Crippen molar-refractivity contribution < 1.29 is 4.74 Å². The monoisotopic (exact) mass is 257 g/mol. The maximum Gasteiger partial charge on any atom is 0.119 e. The van der Waals surface area contributed by atoms with Crippen LogP contribution in [0.2, 0.25) is 0 Å². The van der Waals surface area contributed by atoms with E-state index in [2.05, 4.69) is 34.0 Å². The Labute approximate surface area is 113 Å². The highest BCUT2D eigenvalue weighted by molar-refractivity contribution is 5.27. The van der Waals surface area contributed by atoms with Gasteiger partial charge in [0.1, 0.15) is 12.4 Å². The number of benzene rings is 1. The summed E-state index contributed by atoms with van der Waals surface area (Å²) in [6.45, 7) is 5.95. The first-order valence-corrected chi connectivity index (χ1v) is 6.39. The molecule has 1 aromatic heterocycles. The van der Waals surface area contributed by atoms with Gasteiger partial charge in [-0.3, -0.25) is 0 Å². The van der Waals surface area contributed by atoms with Gasteiger partial charge in [0, 0.05) is 31.4 Å². The molecule has 19 heavy (non-hydrogen) atoms. The Morgan fingerprint density at radius 3 is 2.84 bits per heavy atom. The number of ether oxygens (including phenoxy) is 1. The van der Waals surface area contributed by atoms with Crippen LogP contribution in [-0.2, 0) is 13.0 Å². The number of nitrogens with zero attached hydrogens (tertiary/aromatic N) is 1. The highest BCUT2D eigenvalue weighted by Gasteiger charge is 1.96. The highest BCUT2D eigenvalue weighted by atomic mass is 16.5. The van der Waals surface area contributed by atoms with Crippen molar-refractivity contribution in [3.8, 4) is 5.75 Å². The van der Waals surface area contributed by atoms with Crippen molar-refractivity contribution in [2.75, 3.05) is 13.2 Å². The minimum atomic E-state index is 0.543. The molecule has 0 amide bonds. The third kappa shape index (κ3) is 4.60. The Kier molecular flexibility index (Phi) is 5.19. The number of rotatable bonds is 8. The summed E-state index contributed by atoms with van der Waals surface area (Å²) in [6.07, 6.45) is 6.26. The van der Waals surface area contributed by atoms with Crippen LogP contribution in [0.3, 0.4) is 0 Å². The van der Waals surface area contributed by atoms with Gasteiger partial charge in [-0.1, -0.05) is 24.8 Å². The number of aromatic amines is 1. The van der Waals surface area contributed by atoms with E-state index < -0.39 is 0 Å². The second-order valence-corrected chi connectivity index (χ2v) is 4.25. The Balaban J connectivity index is 1.69. The van der Waals surface area contributed by atoms with E-state index in [1.807, 2.05) is 18.3 Å². The van der Waals surface area contributed by atoms with Gasteiger partial charge in [0.2, 0.25) is 0 Å². The third-order valence-electron chi connectivity index (χ3n) is 2.75. The first kappa shape index (κ1) is 13.4. The van der Waals surface area contributed by atoms with E-state index in [0.29, 0.717) is 6.61 Å². The summed E-state index contributed by atoms with van der Waals surface area (Å²) in [4.78, 5) is 7.08. The van der Waals surface area contributed by atoms with Crippen molar-refractivity contribution in [1.29, 1.82) is 0 Å². The molecule has 0 saturated heterocycles. The van der Waals surface area contributed by atoms with Gasteiger partial charge in [0.05, 0.1) is 6.33 Å². The molecule has 100 valence electrons. The predicted octanol–water partition coefficient (Wildman–Crippen LogP) is 2.31. The molecule has 1 aromatic carbocycles. The fraction of sp³-hybridized carbons (Fsp3) is 0.267. The Morgan fingerprint density at radius 2 is 2.16 bits per heavy atom. The van der Waals surface area contributed by atoms with Gasteiger partial charge in [-0.05, 0) is 17.7 Å². The van der Waals surface area contributed by atoms with Gasteiger partial charge >= 0.3 is 0 Å². The van der Waals surface area contributed by atoms with E-state index in [1.54, 1.807) is 12.4 Å². The van der Waals surface area contributed by atoms with Crippen LogP contribution in [0.1, 0.15) is 11.3 Å². The minimum Gasteiger partial charge on any atom is -0.490 e. The largest absolute Gasteiger partial charge is 0.490 e. The van der Waals surface area contributed by atoms with E-state index in [4.69, 9.17) is 4.74 Å². The van der Waals surface area contributed by atoms with Crippen molar-refractivity contribution in [2.24, 2.45) is 0 Å². The lowest BCUT2D eigenvalue weighted by atomic mass is 10.2. The molecular formula is C15H19N3O. The molecule has 0 bridgehead atoms. The standard InChI is InChI=1S/C15H19N3O/c1-2-9-19-15-5-3-13(4-6-15)10-16-8-7-14-11-17-12-18-14/h2-6,11-12,16H,1,7-10H2,(H,17,18). The Morgan fingerprint density at radius 1 is 1.32 bits per heavy atom. The van der Waals surface area contributed by atoms with Crippen molar-refractivity contribution in [2.45, 2.75) is 13.0 Å². The summed E-state index contributed by atoms with van der Waals surface area (Å²) in [7, 11) is 0. The number of hydrogen-bond acceptors (Lipinski definition) is 3. The molecule has 0 spiro atoms. The number of H-pyrrole nitrogens is 1. The molecule has 2 rings (SSSR count). The van der Waals surface area contributed by atoms with Crippen LogP contribution in [0.4, 0.5) is 0 Å². The summed E-state index contributed by atoms with van der Waals surface area (Å²) in [6, 6.07) is 8.11. The molecule has 0 aliphatic carbocycles. The van der Waals surface area contributed by atoms with E-state index in [0.717, 1.165) is 31.0 Å². The molecule has 0 aliphatic heterocycles. The van der Waals surface area contributed by atoms with Gasteiger partial charge in [-0.2, -0.15) is 0 Å². The zero-order chi connectivity index (χ0) is 13.3. The van der Waals surface area contributed by atoms with E-state index >= 15 is 0 Å². The second-order valence-electron chi connectivity index (χ2n) is 4.25. The summed E-state index contributed by atoms with van der Waals surface area (Å²) >= 11 is 0. The fourth-order valence-corrected chi connectivity index (χ4v) is 1.74. The van der Waals surface area contributed by atoms with Crippen LogP contribution in [0.25, 0.3) is 0 Å². The average molecular weight is 257 g/mol. The number of imidazole rings is 1. The lowest BCUT2D eigenvalue weighted by Gasteiger charge is -2.06. The van der Waals surface area contributed by atoms with Crippen LogP contribution >= 0.6 is 0 Å². The molecule has 2 N–H and O–H groups in total. The number of aromatic nitrogens is 2. The summed E-state index contributed by atoms with van der Waals surface area (Å²) in [5.41, 5.74) is 2.40. The molecule has 2 aromatic rings. The molecule has 0 fully saturated rings. The van der Waals surface area contributed by atoms with Gasteiger partial charge in [-0.15, -0.1) is 0 Å². The summed E-state index contributed by atoms with van der Waals surface area (Å²) < 4.78 is 5.44. The van der Waals surface area contributed by atoms with Crippen LogP contribution in [-0.4, -0.2) is 23.1 Å². The molecule has 0 saturated carbocycles. The Hall–Kier alpha value is -2.07. The van der Waals surface area contributed by atoms with Crippen LogP contribution in [0.15, 0.2) is 49.4 Å². The van der Waals surface area contributed by atoms with Crippen molar-refractivity contribution in [3.05, 3.63) is 60.7 Å². The van der Waals surface area contributed by atoms with Crippen LogP contribution < -0.4 is 10.1 Å². The summed E-state index contributed by atoms with van der Waals surface area (Å²) in [5, 5.41) is 3.40. The zero-order valence-electron chi connectivity index (χ0n) is 10.9. The minimum absolute atomic E-state index is 0.543. The maximum atomic E-state index is 5.44. The zero-order valence-corrected chi connectivity index (χ0v) is 10.9. The number of nitrogens with one attached hydrogen (secondary N) is 2. The fourth-order valence-electron chi connectivity index (χ4n) is 1.74. The SMILES string of the molecule is C=CCOc1ccc(CNCCc2cnc[nH]2)cc1. The third-order valence-corrected chi connectivity index (χ3v) is 2.75. The van der Waals surface area contributed by atoms with E-state index in [1.165, 1.54) is 5.56 Å². The lowest BCUT2D eigenvalue weighted by Crippen LogP contribution is -2.16. The average Bonchev–Trinajstić information content (AvgIpc) is 2.96. The molecule has 0 atom stereocenters. The Bertz CT molecular complexity index is 477. The lowest BCUT2D eigenvalue weighted by molar-refractivity contribution is 0.363. The van der Waals surface area contributed by atoms with Crippen molar-refractivity contribution in [3.63, 3.8) is 0 Å². The van der Waals surface area contributed by atoms with Gasteiger partial charge < -0.3 is 15.0 Å². The first-order chi connectivity index (χ1) is 9.38. The number of hydrogen-bond donors (Lipinski definition) is 2. The molecule has 0 unspecified atom stereocenters. The van der Waals surface area contributed by atoms with Gasteiger partial charge in [0.15, 0.2) is 0 Å². The van der Waals surface area contributed by atoms with Gasteiger partial charge in [0.25, 0.3) is 0 Å². The van der Waals surface area contributed by atoms with E-state index in [9.17, 15) is 0 Å². The smallest absolute Gasteiger partial charge is 0.119 e. The molecule has 0 aliphatic rings. The van der Waals surface area contributed by atoms with Gasteiger partial charge in [-0.25, -0.2) is 4.98 Å². The molecule has 1 heterocycles. The highest BCUT2D eigenvalue weighted by Crippen LogP contribution is 2.11. The molecular weight excluding hydrogens is 238 g/mol. The van der Waals surface area contributed by atoms with Crippen LogP contribution in [0.5, 0.6) is 5.75 Å². The quantitative estimate of drug-likeness (QED) is 0.563. The molecule has 4 nitrogen and oxygen atoms in total. The van der Waals surface area contributed by atoms with Crippen molar-refractivity contribution >= 4 is 0 Å². The normalized spacial score (nSPS) is 10.3.